The first-order valence-corrected chi connectivity index (χ1v) is 10.5. The van der Waals surface area contributed by atoms with E-state index in [4.69, 9.17) is 4.74 Å². The first-order valence-electron chi connectivity index (χ1n) is 7.40. The van der Waals surface area contributed by atoms with Crippen LogP contribution in [0.25, 0.3) is 0 Å². The van der Waals surface area contributed by atoms with Gasteiger partial charge < -0.3 is 9.84 Å². The van der Waals surface area contributed by atoms with Crippen LogP contribution in [0.5, 0.6) is 0 Å². The number of carbonyl (C=O) groups is 1. The molecule has 2 aliphatic rings. The van der Waals surface area contributed by atoms with E-state index in [1.807, 2.05) is 6.07 Å². The zero-order valence-corrected chi connectivity index (χ0v) is 13.1. The predicted octanol–water partition coefficient (Wildman–Crippen LogP) is 1.92. The number of rotatable bonds is 3. The third kappa shape index (κ3) is 2.11. The maximum absolute atomic E-state index is 11.5. The number of hydrogen-bond acceptors (Lipinski definition) is 3. The summed E-state index contributed by atoms with van der Waals surface area (Å²) < 4.78 is 5.45. The van der Waals surface area contributed by atoms with E-state index in [1.165, 1.54) is 5.19 Å². The van der Waals surface area contributed by atoms with Crippen molar-refractivity contribution in [3.05, 3.63) is 30.3 Å². The molecule has 1 aliphatic heterocycles. The summed E-state index contributed by atoms with van der Waals surface area (Å²) in [4.78, 5) is 11.5. The Bertz CT molecular complexity index is 500. The maximum atomic E-state index is 11.5. The fraction of sp³-hybridized carbons (Fsp3) is 0.562. The normalized spacial score (nSPS) is 33.0. The summed E-state index contributed by atoms with van der Waals surface area (Å²) in [6.45, 7) is 4.92. The number of aliphatic hydroxyl groups excluding tert-OH is 1. The van der Waals surface area contributed by atoms with Crippen LogP contribution in [0.2, 0.25) is 18.6 Å². The Morgan fingerprint density at radius 2 is 2.00 bits per heavy atom. The molecule has 1 aliphatic carbocycles. The van der Waals surface area contributed by atoms with Crippen molar-refractivity contribution in [1.29, 1.82) is 0 Å². The molecule has 1 saturated heterocycles. The summed E-state index contributed by atoms with van der Waals surface area (Å²) in [5.74, 6) is 0.359. The average molecular weight is 290 g/mol. The first-order chi connectivity index (χ1) is 9.54. The molecule has 4 atom stereocenters. The van der Waals surface area contributed by atoms with Gasteiger partial charge in [-0.1, -0.05) is 48.6 Å². The van der Waals surface area contributed by atoms with Crippen LogP contribution in [-0.4, -0.2) is 31.9 Å². The minimum atomic E-state index is -1.67. The molecule has 1 heterocycles. The minimum Gasteiger partial charge on any atom is -0.462 e. The highest BCUT2D eigenvalue weighted by molar-refractivity contribution is 6.91. The number of aliphatic hydroxyl groups is 1. The highest BCUT2D eigenvalue weighted by Gasteiger charge is 2.54. The zero-order valence-electron chi connectivity index (χ0n) is 12.1. The lowest BCUT2D eigenvalue weighted by Crippen LogP contribution is -2.48. The fourth-order valence-electron chi connectivity index (χ4n) is 4.18. The van der Waals surface area contributed by atoms with Crippen LogP contribution in [0.15, 0.2) is 30.3 Å². The van der Waals surface area contributed by atoms with Gasteiger partial charge in [0, 0.05) is 12.5 Å². The standard InChI is InChI=1S/C16H22O3Si/c1-20(2,11-6-4-3-5-7-11)15-9-14-12(13(15)10-17)8-16(18)19-14/h3-7,12-15,17H,8-10H2,1-2H3/t12-,13-,14+,15-/m1/s1. The lowest BCUT2D eigenvalue weighted by Gasteiger charge is -2.35. The van der Waals surface area contributed by atoms with E-state index in [0.717, 1.165) is 6.42 Å². The van der Waals surface area contributed by atoms with E-state index in [2.05, 4.69) is 37.4 Å². The largest absolute Gasteiger partial charge is 0.462 e. The second kappa shape index (κ2) is 5.01. The van der Waals surface area contributed by atoms with Crippen molar-refractivity contribution < 1.29 is 14.6 Å². The molecule has 1 aromatic rings. The SMILES string of the molecule is C[Si](C)(c1ccccc1)[C@@H]1C[C@@H]2OC(=O)C[C@@H]2[C@H]1CO. The summed E-state index contributed by atoms with van der Waals surface area (Å²) in [7, 11) is -1.67. The van der Waals surface area contributed by atoms with Crippen molar-refractivity contribution in [3.8, 4) is 0 Å². The number of benzene rings is 1. The van der Waals surface area contributed by atoms with Gasteiger partial charge in [-0.15, -0.1) is 0 Å². The predicted molar refractivity (Wildman–Crippen MR) is 80.5 cm³/mol. The molecule has 0 amide bonds. The molecular formula is C16H22O3Si. The number of fused-ring (bicyclic) bond motifs is 1. The Kier molecular flexibility index (Phi) is 3.46. The van der Waals surface area contributed by atoms with E-state index >= 15 is 0 Å². The number of ether oxygens (including phenoxy) is 1. The molecule has 1 aromatic carbocycles. The first kappa shape index (κ1) is 13.8. The van der Waals surface area contributed by atoms with Gasteiger partial charge in [0.2, 0.25) is 0 Å². The third-order valence-corrected chi connectivity index (χ3v) is 9.71. The molecule has 1 saturated carbocycles. The van der Waals surface area contributed by atoms with Crippen LogP contribution in [0.1, 0.15) is 12.8 Å². The van der Waals surface area contributed by atoms with Gasteiger partial charge in [-0.05, 0) is 17.9 Å². The van der Waals surface area contributed by atoms with Crippen molar-refractivity contribution >= 4 is 19.2 Å². The highest BCUT2D eigenvalue weighted by Crippen LogP contribution is 2.51. The fourth-order valence-corrected chi connectivity index (χ4v) is 7.90. The zero-order chi connectivity index (χ0) is 14.3. The summed E-state index contributed by atoms with van der Waals surface area (Å²) >= 11 is 0. The Balaban J connectivity index is 1.89. The molecule has 0 aromatic heterocycles. The summed E-state index contributed by atoms with van der Waals surface area (Å²) in [6.07, 6.45) is 1.46. The van der Waals surface area contributed by atoms with Gasteiger partial charge in [0.1, 0.15) is 6.10 Å². The van der Waals surface area contributed by atoms with Gasteiger partial charge in [0.05, 0.1) is 14.5 Å². The molecule has 2 fully saturated rings. The Labute approximate surface area is 121 Å². The van der Waals surface area contributed by atoms with Crippen LogP contribution in [0.4, 0.5) is 0 Å². The number of hydrogen-bond donors (Lipinski definition) is 1. The maximum Gasteiger partial charge on any atom is 0.306 e. The van der Waals surface area contributed by atoms with Gasteiger partial charge >= 0.3 is 5.97 Å². The average Bonchev–Trinajstić information content (AvgIpc) is 2.95. The van der Waals surface area contributed by atoms with Crippen LogP contribution < -0.4 is 5.19 Å². The summed E-state index contributed by atoms with van der Waals surface area (Å²) in [5.41, 5.74) is 0.484. The van der Waals surface area contributed by atoms with Crippen molar-refractivity contribution in [1.82, 2.24) is 0 Å². The van der Waals surface area contributed by atoms with Crippen molar-refractivity contribution in [3.63, 3.8) is 0 Å². The molecule has 0 unspecified atom stereocenters. The summed E-state index contributed by atoms with van der Waals surface area (Å²) in [6, 6.07) is 10.6. The molecule has 3 rings (SSSR count). The molecule has 0 radical (unpaired) electrons. The number of carbonyl (C=O) groups excluding carboxylic acids is 1. The van der Waals surface area contributed by atoms with Crippen molar-refractivity contribution in [2.75, 3.05) is 6.61 Å². The van der Waals surface area contributed by atoms with Gasteiger partial charge in [-0.2, -0.15) is 0 Å². The summed E-state index contributed by atoms with van der Waals surface area (Å²) in [5, 5.41) is 11.3. The van der Waals surface area contributed by atoms with E-state index < -0.39 is 8.07 Å². The van der Waals surface area contributed by atoms with E-state index in [9.17, 15) is 9.90 Å². The van der Waals surface area contributed by atoms with Gasteiger partial charge in [0.15, 0.2) is 0 Å². The van der Waals surface area contributed by atoms with Crippen molar-refractivity contribution in [2.24, 2.45) is 11.8 Å². The van der Waals surface area contributed by atoms with E-state index in [1.54, 1.807) is 0 Å². The molecule has 3 nitrogen and oxygen atoms in total. The monoisotopic (exact) mass is 290 g/mol. The molecule has 4 heteroatoms. The Morgan fingerprint density at radius 3 is 2.65 bits per heavy atom. The van der Waals surface area contributed by atoms with Gasteiger partial charge in [0.25, 0.3) is 0 Å². The van der Waals surface area contributed by atoms with Gasteiger partial charge in [-0.25, -0.2) is 0 Å². The Morgan fingerprint density at radius 1 is 1.30 bits per heavy atom. The van der Waals surface area contributed by atoms with Crippen molar-refractivity contribution in [2.45, 2.75) is 37.6 Å². The molecule has 1 N–H and O–H groups in total. The third-order valence-electron chi connectivity index (χ3n) is 5.37. The second-order valence-electron chi connectivity index (χ2n) is 6.67. The molecule has 0 spiro atoms. The van der Waals surface area contributed by atoms with E-state index in [0.29, 0.717) is 12.0 Å². The van der Waals surface area contributed by atoms with Crippen LogP contribution >= 0.6 is 0 Å². The van der Waals surface area contributed by atoms with Crippen LogP contribution in [0.3, 0.4) is 0 Å². The van der Waals surface area contributed by atoms with Gasteiger partial charge in [-0.3, -0.25) is 4.79 Å². The second-order valence-corrected chi connectivity index (χ2v) is 11.4. The van der Waals surface area contributed by atoms with E-state index in [-0.39, 0.29) is 30.5 Å². The number of esters is 1. The highest BCUT2D eigenvalue weighted by atomic mass is 28.3. The molecule has 0 bridgehead atoms. The molecular weight excluding hydrogens is 268 g/mol. The van der Waals surface area contributed by atoms with Crippen LogP contribution in [-0.2, 0) is 9.53 Å². The minimum absolute atomic E-state index is 0.0418. The smallest absolute Gasteiger partial charge is 0.306 e. The van der Waals surface area contributed by atoms with Crippen LogP contribution in [0, 0.1) is 11.8 Å². The Hall–Kier alpha value is -1.13. The molecule has 20 heavy (non-hydrogen) atoms. The topological polar surface area (TPSA) is 46.5 Å². The lowest BCUT2D eigenvalue weighted by atomic mass is 9.94. The lowest BCUT2D eigenvalue weighted by molar-refractivity contribution is -0.141. The quantitative estimate of drug-likeness (QED) is 0.683. The molecule has 108 valence electrons.